The van der Waals surface area contributed by atoms with Gasteiger partial charge in [0.15, 0.2) is 0 Å². The number of carbonyl (C=O) groups excluding carboxylic acids is 3. The van der Waals surface area contributed by atoms with E-state index < -0.39 is 30.3 Å². The van der Waals surface area contributed by atoms with Crippen molar-refractivity contribution in [2.45, 2.75) is 161 Å². The van der Waals surface area contributed by atoms with Crippen molar-refractivity contribution in [3.63, 3.8) is 0 Å². The van der Waals surface area contributed by atoms with E-state index in [1.54, 1.807) is 24.2 Å². The van der Waals surface area contributed by atoms with E-state index in [1.165, 1.54) is 57.6 Å². The van der Waals surface area contributed by atoms with E-state index in [1.807, 2.05) is 9.80 Å². The summed E-state index contributed by atoms with van der Waals surface area (Å²) in [5.41, 5.74) is 15.9. The van der Waals surface area contributed by atoms with Crippen molar-refractivity contribution in [2.24, 2.45) is 0 Å². The number of ether oxygens (including phenoxy) is 4. The van der Waals surface area contributed by atoms with Gasteiger partial charge in [0.2, 0.25) is 25.5 Å². The topological polar surface area (TPSA) is 238 Å². The van der Waals surface area contributed by atoms with Crippen LogP contribution in [0.15, 0.2) is 91.1 Å². The number of benzene rings is 3. The minimum atomic E-state index is -4.83. The quantitative estimate of drug-likeness (QED) is 0.0438. The number of likely N-dealkylation sites (N-methyl/N-ethyl adjacent to an activating group) is 3. The second-order valence-corrected chi connectivity index (χ2v) is 34.6. The highest BCUT2D eigenvalue weighted by Gasteiger charge is 2.45. The van der Waals surface area contributed by atoms with Gasteiger partial charge in [0, 0.05) is 149 Å². The number of aliphatic hydroxyl groups is 1. The molecule has 0 aliphatic carbocycles. The lowest BCUT2D eigenvalue weighted by molar-refractivity contribution is -0.141. The van der Waals surface area contributed by atoms with Crippen molar-refractivity contribution in [1.29, 1.82) is 0 Å². The standard InChI is InChI=1S/C32H43N7O3.C31H38F3N7O2.C31H41N7O3/c1-23-9-6-11-29(24(23)2)37-15-13-27-28(21-37)34-32(42-22-25-10-7-14-36(25)4)35-31(27)38-16-17-39(26(20-38)19-33-3)30(40)12-8-18-41-5;1-20-8-6-10-27(21(20)2)39-13-11-25-26(18-39)36-30(43-19-23-9-7-12-38(23)5)37-28(25)40-14-15-41(24(17-40)16-35-4)29(42)22(3)31(32,33)34;1-21-8-6-10-28(23(21)3)36-13-11-26-27(18-36)33-31(41-20-24-9-7-12-35(24)5)34-29(26)37-14-15-38(25(17-37)16-32-4)30(40)22(2)19-39/h6,8-9,11-12,25-26H,7,10,13-22H2,1-2,4-5H3;6,8,10,23-24H,3,7,9,11-19H2,1-2,5H3;6,8,10,24-25,39H,2,7,9,11-20H2,1,3,5H3/b12-8+;;/t25-,26-;23-,24-;24-,25-/m000/s1. The van der Waals surface area contributed by atoms with E-state index in [0.29, 0.717) is 122 Å². The Morgan fingerprint density at radius 1 is 0.476 bits per heavy atom. The molecule has 1 N–H and O–H groups in total. The van der Waals surface area contributed by atoms with Gasteiger partial charge in [-0.2, -0.15) is 43.1 Å². The van der Waals surface area contributed by atoms with Gasteiger partial charge in [-0.25, -0.2) is 19.7 Å². The fraction of sp³-hybridized carbons (Fsp3) is 0.553. The second kappa shape index (κ2) is 41.9. The predicted molar refractivity (Wildman–Crippen MR) is 482 cm³/mol. The maximum absolute atomic E-state index is 13.3. The highest BCUT2D eigenvalue weighted by Crippen LogP contribution is 2.40. The number of alkyl halides is 3. The number of carbonyl (C=O) groups is 3. The number of likely N-dealkylation sites (tertiary alicyclic amines) is 3. The first-order chi connectivity index (χ1) is 60.7. The molecule has 15 rings (SSSR count). The molecule has 0 spiro atoms. The zero-order valence-corrected chi connectivity index (χ0v) is 74.8. The number of aryl methyl sites for hydroxylation is 3. The molecular formula is C94H122F3N21O8. The number of rotatable bonds is 24. The predicted octanol–water partition coefficient (Wildman–Crippen LogP) is 10.1. The zero-order chi connectivity index (χ0) is 89.6. The summed E-state index contributed by atoms with van der Waals surface area (Å²) < 4.78 is 63.7. The van der Waals surface area contributed by atoms with E-state index in [-0.39, 0.29) is 80.8 Å². The molecule has 3 amide bonds. The number of amides is 3. The van der Waals surface area contributed by atoms with Crippen LogP contribution in [-0.4, -0.2) is 304 Å². The van der Waals surface area contributed by atoms with E-state index in [4.69, 9.17) is 68.6 Å². The monoisotopic (exact) mass is 1730 g/mol. The summed E-state index contributed by atoms with van der Waals surface area (Å²) in [5, 5.41) is 9.47. The summed E-state index contributed by atoms with van der Waals surface area (Å²) in [6.07, 6.45) is 7.41. The van der Waals surface area contributed by atoms with Crippen LogP contribution in [0.25, 0.3) is 14.5 Å². The van der Waals surface area contributed by atoms with Gasteiger partial charge in [0.05, 0.1) is 49.9 Å². The lowest BCUT2D eigenvalue weighted by Gasteiger charge is -2.41. The van der Waals surface area contributed by atoms with E-state index >= 15 is 0 Å². The molecule has 9 aliphatic heterocycles. The van der Waals surface area contributed by atoms with E-state index in [0.717, 1.165) is 134 Å². The fourth-order valence-corrected chi connectivity index (χ4v) is 18.7. The largest absolute Gasteiger partial charge is 0.462 e. The van der Waals surface area contributed by atoms with Gasteiger partial charge in [-0.05, 0) is 192 Å². The highest BCUT2D eigenvalue weighted by molar-refractivity contribution is 5.95. The molecule has 6 aromatic rings. The van der Waals surface area contributed by atoms with Crippen LogP contribution in [0.5, 0.6) is 18.0 Å². The maximum atomic E-state index is 13.3. The molecule has 9 aliphatic rings. The van der Waals surface area contributed by atoms with Gasteiger partial charge in [0.1, 0.15) is 61.0 Å². The number of piperazine rings is 3. The normalized spacial score (nSPS) is 21.0. The first-order valence-corrected chi connectivity index (χ1v) is 44.2. The summed E-state index contributed by atoms with van der Waals surface area (Å²) in [5.74, 6) is 0.829. The lowest BCUT2D eigenvalue weighted by Crippen LogP contribution is -2.57. The third kappa shape index (κ3) is 21.5. The van der Waals surface area contributed by atoms with Gasteiger partial charge in [-0.1, -0.05) is 55.6 Å². The van der Waals surface area contributed by atoms with Crippen molar-refractivity contribution in [3.05, 3.63) is 192 Å². The summed E-state index contributed by atoms with van der Waals surface area (Å²) in [6.45, 7) is 55.0. The number of methoxy groups -OCH3 is 1. The van der Waals surface area contributed by atoms with Gasteiger partial charge in [-0.3, -0.25) is 14.4 Å². The number of aliphatic hydroxyl groups excluding tert-OH is 1. The molecule has 6 atom stereocenters. The number of anilines is 6. The second-order valence-electron chi connectivity index (χ2n) is 34.6. The molecule has 29 nitrogen and oxygen atoms in total. The number of hydrogen-bond donors (Lipinski definition) is 1. The smallest absolute Gasteiger partial charge is 0.421 e. The average Bonchev–Trinajstić information content (AvgIpc) is 0.864. The summed E-state index contributed by atoms with van der Waals surface area (Å²) in [7, 11) is 7.95. The van der Waals surface area contributed by atoms with E-state index in [2.05, 4.69) is 184 Å². The molecule has 672 valence electrons. The van der Waals surface area contributed by atoms with Crippen molar-refractivity contribution < 1.29 is 51.6 Å². The van der Waals surface area contributed by atoms with Crippen LogP contribution in [0.1, 0.15) is 106 Å². The van der Waals surface area contributed by atoms with Crippen LogP contribution in [0, 0.1) is 61.3 Å². The summed E-state index contributed by atoms with van der Waals surface area (Å²) >= 11 is 0. The fourth-order valence-electron chi connectivity index (χ4n) is 18.7. The van der Waals surface area contributed by atoms with Crippen LogP contribution in [-0.2, 0) is 58.0 Å². The third-order valence-corrected chi connectivity index (χ3v) is 26.7. The van der Waals surface area contributed by atoms with Crippen molar-refractivity contribution in [2.75, 3.05) is 208 Å². The van der Waals surface area contributed by atoms with Crippen molar-refractivity contribution in [3.8, 4) is 18.0 Å². The van der Waals surface area contributed by atoms with E-state index in [9.17, 15) is 32.7 Å². The van der Waals surface area contributed by atoms with Crippen LogP contribution in [0.2, 0.25) is 0 Å². The van der Waals surface area contributed by atoms with Gasteiger partial charge in [0.25, 0.3) is 11.8 Å². The molecule has 126 heavy (non-hydrogen) atoms. The van der Waals surface area contributed by atoms with Crippen LogP contribution in [0.4, 0.5) is 47.7 Å². The molecule has 0 unspecified atom stereocenters. The zero-order valence-electron chi connectivity index (χ0n) is 74.8. The Morgan fingerprint density at radius 3 is 1.13 bits per heavy atom. The molecule has 3 aromatic carbocycles. The number of nitrogens with zero attached hydrogens (tertiary/aromatic N) is 21. The molecule has 6 saturated heterocycles. The molecule has 3 aromatic heterocycles. The Labute approximate surface area is 739 Å². The van der Waals surface area contributed by atoms with Gasteiger partial charge >= 0.3 is 24.2 Å². The highest BCUT2D eigenvalue weighted by atomic mass is 19.4. The van der Waals surface area contributed by atoms with Crippen LogP contribution in [0.3, 0.4) is 0 Å². The average molecular weight is 1730 g/mol. The van der Waals surface area contributed by atoms with Crippen LogP contribution < -0.4 is 43.6 Å². The Kier molecular flexibility index (Phi) is 30.8. The van der Waals surface area contributed by atoms with Gasteiger partial charge < -0.3 is 97.4 Å². The Morgan fingerprint density at radius 2 is 0.817 bits per heavy atom. The summed E-state index contributed by atoms with van der Waals surface area (Å²) in [4.78, 5) is 104. The Hall–Kier alpha value is -11.2. The molecule has 12 heterocycles. The molecule has 0 radical (unpaired) electrons. The number of hydrogen-bond acceptors (Lipinski definition) is 23. The maximum Gasteiger partial charge on any atom is 0.421 e. The minimum absolute atomic E-state index is 0.0184. The SMILES string of the molecule is [C-]#[N+]C[C@H]1CN(c2nc(OC[C@@H]3CCCN3C)nc3c2CCN(c2cccc(C)c2C)C3)CCN1C(=O)/C=C/COC.[C-]#[N+]C[C@H]1CN(c2nc(OC[C@@H]3CCCN3C)nc3c2CCN(c2cccc(C)c2C)C3)CCN1C(=O)C(=C)C(F)(F)F.[C-]#[N+]C[C@H]1CN(c2nc(OC[C@@H]3CCCN3C)nc3c2CCN(c2cccc(C)c2C)C3)CCN1C(=O)C(=C)CO. The number of aromatic nitrogens is 6. The molecule has 0 bridgehead atoms. The first-order valence-electron chi connectivity index (χ1n) is 44.2. The third-order valence-electron chi connectivity index (χ3n) is 26.7. The Bertz CT molecular complexity index is 5090. The minimum Gasteiger partial charge on any atom is -0.462 e. The Balaban J connectivity index is 0.000000162. The molecule has 0 saturated carbocycles. The van der Waals surface area contributed by atoms with Crippen molar-refractivity contribution in [1.82, 2.24) is 59.3 Å². The molecule has 32 heteroatoms. The lowest BCUT2D eigenvalue weighted by atomic mass is 10.0. The number of fused-ring (bicyclic) bond motifs is 3. The van der Waals surface area contributed by atoms with Crippen molar-refractivity contribution >= 4 is 52.2 Å². The molecular weight excluding hydrogens is 1610 g/mol. The number of halogens is 3. The summed E-state index contributed by atoms with van der Waals surface area (Å²) in [6, 6.07) is 19.9. The van der Waals surface area contributed by atoms with Gasteiger partial charge in [-0.15, -0.1) is 0 Å². The first kappa shape index (κ1) is 92.5. The molecule has 6 fully saturated rings. The van der Waals surface area contributed by atoms with Crippen LogP contribution >= 0.6 is 0 Å².